The third-order valence-corrected chi connectivity index (χ3v) is 5.10. The van der Waals surface area contributed by atoms with Gasteiger partial charge >= 0.3 is 21.7 Å². The largest absolute Gasteiger partial charge is 2.00 e. The molecule has 0 radical (unpaired) electrons. The number of hydrogen-bond donors (Lipinski definition) is 0. The third-order valence-electron chi connectivity index (χ3n) is 5.10. The summed E-state index contributed by atoms with van der Waals surface area (Å²) in [5, 5.41) is 23.1. The van der Waals surface area contributed by atoms with Crippen LogP contribution in [0.3, 0.4) is 0 Å². The normalized spacial score (nSPS) is 13.3. The monoisotopic (exact) mass is 460 g/mol. The maximum atomic E-state index is 11.7. The van der Waals surface area contributed by atoms with Crippen LogP contribution in [0, 0.1) is 21.7 Å². The van der Waals surface area contributed by atoms with Gasteiger partial charge in [-0.1, -0.05) is 83.1 Å². The maximum absolute atomic E-state index is 11.7. The van der Waals surface area contributed by atoms with Gasteiger partial charge in [-0.25, -0.2) is 0 Å². The zero-order valence-electron chi connectivity index (χ0n) is 21.2. The van der Waals surface area contributed by atoms with Crippen LogP contribution in [0.5, 0.6) is 0 Å². The van der Waals surface area contributed by atoms with Crippen LogP contribution in [-0.4, -0.2) is 17.0 Å². The molecule has 0 fully saturated rings. The van der Waals surface area contributed by atoms with E-state index in [4.69, 9.17) is 0 Å². The topological polar surface area (TPSA) is 112 Å². The van der Waals surface area contributed by atoms with Gasteiger partial charge in [-0.05, 0) is 35.8 Å². The van der Waals surface area contributed by atoms with Crippen LogP contribution >= 0.6 is 0 Å². The van der Waals surface area contributed by atoms with E-state index in [0.717, 1.165) is 12.8 Å². The van der Waals surface area contributed by atoms with Crippen molar-refractivity contribution in [2.45, 2.75) is 95.9 Å². The van der Waals surface area contributed by atoms with Gasteiger partial charge in [-0.15, -0.1) is 11.5 Å². The van der Waals surface area contributed by atoms with Gasteiger partial charge in [0.2, 0.25) is 0 Å². The van der Waals surface area contributed by atoms with Crippen molar-refractivity contribution >= 4 is 11.6 Å². The molecule has 0 unspecified atom stereocenters. The van der Waals surface area contributed by atoms with Crippen LogP contribution in [0.15, 0.2) is 23.7 Å². The van der Waals surface area contributed by atoms with E-state index in [9.17, 15) is 19.8 Å². The second-order valence-electron chi connectivity index (χ2n) is 10.7. The average molecular weight is 460 g/mol. The SMILES string of the molecule is CCC(C)(C)C(=O)/C=C(\[O-])C(C)(C)C.CCC(C)(C)C(=O)/C=C(\[O-])C(C)(C)C.O.[Ti+2]. The van der Waals surface area contributed by atoms with Crippen molar-refractivity contribution in [3.05, 3.63) is 23.7 Å². The molecule has 0 aliphatic rings. The van der Waals surface area contributed by atoms with Crippen molar-refractivity contribution in [3.8, 4) is 0 Å². The molecular formula is C24H44O5Ti. The molecule has 0 saturated carbocycles. The number of allylic oxidation sites excluding steroid dienone is 4. The molecule has 0 rings (SSSR count). The minimum absolute atomic E-state index is 0. The van der Waals surface area contributed by atoms with Crippen molar-refractivity contribution < 1.29 is 47.0 Å². The fraction of sp³-hybridized carbons (Fsp3) is 0.750. The second-order valence-corrected chi connectivity index (χ2v) is 10.7. The number of hydrogen-bond acceptors (Lipinski definition) is 4. The fourth-order valence-electron chi connectivity index (χ4n) is 1.41. The molecule has 0 heterocycles. The van der Waals surface area contributed by atoms with E-state index in [1.165, 1.54) is 12.2 Å². The van der Waals surface area contributed by atoms with E-state index in [0.29, 0.717) is 0 Å². The summed E-state index contributed by atoms with van der Waals surface area (Å²) in [5.41, 5.74) is -1.75. The molecule has 5 nitrogen and oxygen atoms in total. The Morgan fingerprint density at radius 1 is 0.633 bits per heavy atom. The average Bonchev–Trinajstić information content (AvgIpc) is 2.53. The molecule has 2 N–H and O–H groups in total. The molecule has 0 bridgehead atoms. The first-order chi connectivity index (χ1) is 12.2. The van der Waals surface area contributed by atoms with Crippen LogP contribution in [0.2, 0.25) is 0 Å². The Morgan fingerprint density at radius 3 is 0.967 bits per heavy atom. The van der Waals surface area contributed by atoms with E-state index in [-0.39, 0.29) is 50.3 Å². The van der Waals surface area contributed by atoms with Gasteiger partial charge in [0, 0.05) is 10.8 Å². The molecule has 0 aliphatic carbocycles. The van der Waals surface area contributed by atoms with Gasteiger partial charge < -0.3 is 15.7 Å². The van der Waals surface area contributed by atoms with E-state index in [2.05, 4.69) is 0 Å². The second kappa shape index (κ2) is 13.5. The zero-order valence-corrected chi connectivity index (χ0v) is 22.8. The molecule has 0 amide bonds. The van der Waals surface area contributed by atoms with Crippen molar-refractivity contribution in [2.24, 2.45) is 21.7 Å². The zero-order chi connectivity index (χ0) is 23.1. The van der Waals surface area contributed by atoms with Gasteiger partial charge in [0.05, 0.1) is 0 Å². The number of ketones is 2. The molecule has 0 atom stereocenters. The Labute approximate surface area is 199 Å². The summed E-state index contributed by atoms with van der Waals surface area (Å²) in [5.74, 6) is -0.326. The predicted octanol–water partition coefficient (Wildman–Crippen LogP) is 3.74. The Bertz CT molecular complexity index is 546. The number of rotatable bonds is 6. The molecule has 0 spiro atoms. The number of carbonyl (C=O) groups is 2. The number of carbonyl (C=O) groups excluding carboxylic acids is 2. The summed E-state index contributed by atoms with van der Waals surface area (Å²) < 4.78 is 0. The molecular weight excluding hydrogens is 416 g/mol. The van der Waals surface area contributed by atoms with E-state index >= 15 is 0 Å². The molecule has 0 aromatic carbocycles. The van der Waals surface area contributed by atoms with E-state index in [1.54, 1.807) is 0 Å². The first-order valence-corrected chi connectivity index (χ1v) is 10.1. The molecule has 30 heavy (non-hydrogen) atoms. The van der Waals surface area contributed by atoms with Gasteiger partial charge in [0.15, 0.2) is 11.6 Å². The molecule has 6 heteroatoms. The quantitative estimate of drug-likeness (QED) is 0.341. The third kappa shape index (κ3) is 13.4. The van der Waals surface area contributed by atoms with Gasteiger partial charge in [-0.3, -0.25) is 9.59 Å². The van der Waals surface area contributed by atoms with Crippen molar-refractivity contribution in [2.75, 3.05) is 0 Å². The minimum Gasteiger partial charge on any atom is -0.875 e. The summed E-state index contributed by atoms with van der Waals surface area (Å²) in [4.78, 5) is 23.4. The maximum Gasteiger partial charge on any atom is 2.00 e. The van der Waals surface area contributed by atoms with Crippen LogP contribution in [0.1, 0.15) is 95.9 Å². The first-order valence-electron chi connectivity index (χ1n) is 10.1. The molecule has 0 aromatic rings. The van der Waals surface area contributed by atoms with Crippen LogP contribution in [0.4, 0.5) is 0 Å². The molecule has 174 valence electrons. The smallest absolute Gasteiger partial charge is 0.875 e. The summed E-state index contributed by atoms with van der Waals surface area (Å²) in [7, 11) is 0. The summed E-state index contributed by atoms with van der Waals surface area (Å²) in [6.07, 6.45) is 4.01. The summed E-state index contributed by atoms with van der Waals surface area (Å²) >= 11 is 0. The van der Waals surface area contributed by atoms with E-state index in [1.807, 2.05) is 83.1 Å². The van der Waals surface area contributed by atoms with Crippen molar-refractivity contribution in [1.82, 2.24) is 0 Å². The van der Waals surface area contributed by atoms with Crippen LogP contribution in [-0.2, 0) is 31.3 Å². The van der Waals surface area contributed by atoms with Gasteiger partial charge in [0.25, 0.3) is 0 Å². The first kappa shape index (κ1) is 36.5. The van der Waals surface area contributed by atoms with E-state index < -0.39 is 21.7 Å². The van der Waals surface area contributed by atoms with Gasteiger partial charge in [0.1, 0.15) is 0 Å². The Kier molecular flexibility index (Phi) is 16.4. The summed E-state index contributed by atoms with van der Waals surface area (Å²) in [6.45, 7) is 22.3. The molecule has 0 saturated heterocycles. The minimum atomic E-state index is -0.459. The Hall–Kier alpha value is -0.906. The van der Waals surface area contributed by atoms with Crippen molar-refractivity contribution in [1.29, 1.82) is 0 Å². The molecule has 0 aromatic heterocycles. The predicted molar refractivity (Wildman–Crippen MR) is 117 cm³/mol. The fourth-order valence-corrected chi connectivity index (χ4v) is 1.41. The van der Waals surface area contributed by atoms with Crippen LogP contribution in [0.25, 0.3) is 0 Å². The molecule has 0 aliphatic heterocycles. The van der Waals surface area contributed by atoms with Crippen molar-refractivity contribution in [3.63, 3.8) is 0 Å². The van der Waals surface area contributed by atoms with Gasteiger partial charge in [-0.2, -0.15) is 0 Å². The Morgan fingerprint density at radius 2 is 0.833 bits per heavy atom. The van der Waals surface area contributed by atoms with Crippen LogP contribution < -0.4 is 10.2 Å². The Balaban J connectivity index is -0.000000211. The standard InChI is InChI=1S/2C12H22O2.H2O.Ti/c2*1-7-12(5,6)10(14)8-9(13)11(2,3)4;;/h2*8,13H,7H2,1-6H3;1H2;/q;;;+2/p-2/b2*9-8-;;. The summed E-state index contributed by atoms with van der Waals surface area (Å²) in [6, 6.07) is 0.